The molecule has 2 saturated heterocycles. The molecule has 2 atom stereocenters. The van der Waals surface area contributed by atoms with Gasteiger partial charge in [0.1, 0.15) is 0 Å². The van der Waals surface area contributed by atoms with Gasteiger partial charge < -0.3 is 9.15 Å². The molecule has 2 aliphatic rings. The molecule has 5 heteroatoms. The summed E-state index contributed by atoms with van der Waals surface area (Å²) < 4.78 is 11.7. The number of fused-ring (bicyclic) bond motifs is 1. The molecule has 0 aliphatic carbocycles. The molecule has 0 saturated carbocycles. The zero-order valence-electron chi connectivity index (χ0n) is 16.2. The van der Waals surface area contributed by atoms with Crippen LogP contribution in [0.3, 0.4) is 0 Å². The SMILES string of the molecule is c1ccc2c(-c3nnc(CN4CCCCC(C5CCOC5)C4)o3)cccc2c1. The third-order valence-corrected chi connectivity index (χ3v) is 6.27. The summed E-state index contributed by atoms with van der Waals surface area (Å²) in [5.41, 5.74) is 1.01. The minimum Gasteiger partial charge on any atom is -0.419 e. The molecule has 28 heavy (non-hydrogen) atoms. The summed E-state index contributed by atoms with van der Waals surface area (Å²) in [4.78, 5) is 2.50. The Morgan fingerprint density at radius 1 is 0.964 bits per heavy atom. The fourth-order valence-corrected chi connectivity index (χ4v) is 4.74. The fourth-order valence-electron chi connectivity index (χ4n) is 4.74. The number of likely N-dealkylation sites (tertiary alicyclic amines) is 1. The number of hydrogen-bond donors (Lipinski definition) is 0. The van der Waals surface area contributed by atoms with E-state index in [1.165, 1.54) is 31.1 Å². The largest absolute Gasteiger partial charge is 0.419 e. The third kappa shape index (κ3) is 3.69. The highest BCUT2D eigenvalue weighted by atomic mass is 16.5. The molecule has 2 unspecified atom stereocenters. The Kier molecular flexibility index (Phi) is 5.10. The zero-order chi connectivity index (χ0) is 18.8. The summed E-state index contributed by atoms with van der Waals surface area (Å²) >= 11 is 0. The summed E-state index contributed by atoms with van der Waals surface area (Å²) in [5, 5.41) is 11.1. The van der Waals surface area contributed by atoms with Gasteiger partial charge in [-0.3, -0.25) is 4.90 Å². The second-order valence-electron chi connectivity index (χ2n) is 8.14. The van der Waals surface area contributed by atoms with Crippen LogP contribution in [0.2, 0.25) is 0 Å². The first-order valence-electron chi connectivity index (χ1n) is 10.5. The second-order valence-corrected chi connectivity index (χ2v) is 8.14. The molecule has 0 radical (unpaired) electrons. The van der Waals surface area contributed by atoms with Gasteiger partial charge in [0, 0.05) is 25.3 Å². The van der Waals surface area contributed by atoms with Gasteiger partial charge in [-0.2, -0.15) is 0 Å². The topological polar surface area (TPSA) is 51.4 Å². The van der Waals surface area contributed by atoms with Crippen molar-refractivity contribution in [1.29, 1.82) is 0 Å². The van der Waals surface area contributed by atoms with Gasteiger partial charge in [0.2, 0.25) is 11.8 Å². The van der Waals surface area contributed by atoms with E-state index in [1.54, 1.807) is 0 Å². The molecule has 3 heterocycles. The first kappa shape index (κ1) is 17.8. The molecule has 0 amide bonds. The van der Waals surface area contributed by atoms with E-state index >= 15 is 0 Å². The average molecular weight is 377 g/mol. The maximum atomic E-state index is 6.09. The molecule has 5 rings (SSSR count). The van der Waals surface area contributed by atoms with Crippen LogP contribution in [0.1, 0.15) is 31.6 Å². The molecule has 2 aliphatic heterocycles. The van der Waals surface area contributed by atoms with Crippen LogP contribution in [0.25, 0.3) is 22.2 Å². The molecule has 1 aromatic heterocycles. The van der Waals surface area contributed by atoms with Crippen molar-refractivity contribution in [2.45, 2.75) is 32.2 Å². The van der Waals surface area contributed by atoms with Gasteiger partial charge in [-0.05, 0) is 54.5 Å². The van der Waals surface area contributed by atoms with E-state index in [-0.39, 0.29) is 0 Å². The minimum absolute atomic E-state index is 0.613. The van der Waals surface area contributed by atoms with Gasteiger partial charge in [0.05, 0.1) is 6.54 Å². The van der Waals surface area contributed by atoms with Crippen LogP contribution in [0, 0.1) is 11.8 Å². The summed E-state index contributed by atoms with van der Waals surface area (Å²) in [5.74, 6) is 2.77. The lowest BCUT2D eigenvalue weighted by molar-refractivity contribution is 0.148. The highest BCUT2D eigenvalue weighted by Crippen LogP contribution is 2.31. The number of benzene rings is 2. The number of rotatable bonds is 4. The third-order valence-electron chi connectivity index (χ3n) is 6.27. The van der Waals surface area contributed by atoms with Crippen molar-refractivity contribution >= 4 is 10.8 Å². The van der Waals surface area contributed by atoms with Crippen molar-refractivity contribution in [3.05, 3.63) is 48.4 Å². The van der Waals surface area contributed by atoms with Crippen LogP contribution in [0.15, 0.2) is 46.9 Å². The standard InChI is InChI=1S/C23H27N3O2/c1-2-9-20-17(6-1)8-5-10-21(20)23-25-24-22(28-23)15-26-12-4-3-7-18(14-26)19-11-13-27-16-19/h1-2,5-6,8-10,18-19H,3-4,7,11-16H2. The first-order chi connectivity index (χ1) is 13.9. The van der Waals surface area contributed by atoms with Gasteiger partial charge in [0.25, 0.3) is 0 Å². The Morgan fingerprint density at radius 2 is 1.89 bits per heavy atom. The minimum atomic E-state index is 0.613. The van der Waals surface area contributed by atoms with E-state index in [0.717, 1.165) is 55.6 Å². The summed E-state index contributed by atoms with van der Waals surface area (Å²) in [7, 11) is 0. The fraction of sp³-hybridized carbons (Fsp3) is 0.478. The molecular formula is C23H27N3O2. The van der Waals surface area contributed by atoms with E-state index in [2.05, 4.69) is 45.4 Å². The molecule has 0 spiro atoms. The summed E-state index contributed by atoms with van der Waals surface area (Å²) in [6.45, 7) is 4.82. The van der Waals surface area contributed by atoms with Crippen LogP contribution in [-0.4, -0.2) is 41.4 Å². The number of aromatic nitrogens is 2. The Bertz CT molecular complexity index is 927. The van der Waals surface area contributed by atoms with E-state index in [1.807, 2.05) is 12.1 Å². The van der Waals surface area contributed by atoms with E-state index in [0.29, 0.717) is 11.8 Å². The molecule has 0 N–H and O–H groups in total. The predicted molar refractivity (Wildman–Crippen MR) is 109 cm³/mol. The quantitative estimate of drug-likeness (QED) is 0.669. The molecule has 146 valence electrons. The lowest BCUT2D eigenvalue weighted by atomic mass is 9.88. The van der Waals surface area contributed by atoms with Crippen LogP contribution >= 0.6 is 0 Å². The van der Waals surface area contributed by atoms with Crippen molar-refractivity contribution in [1.82, 2.24) is 15.1 Å². The van der Waals surface area contributed by atoms with Crippen molar-refractivity contribution in [3.63, 3.8) is 0 Å². The molecule has 0 bridgehead atoms. The van der Waals surface area contributed by atoms with Crippen LogP contribution in [-0.2, 0) is 11.3 Å². The molecule has 2 aromatic carbocycles. The average Bonchev–Trinajstić information content (AvgIpc) is 3.37. The second kappa shape index (κ2) is 8.02. The Hall–Kier alpha value is -2.24. The highest BCUT2D eigenvalue weighted by Gasteiger charge is 2.29. The van der Waals surface area contributed by atoms with Crippen LogP contribution < -0.4 is 0 Å². The van der Waals surface area contributed by atoms with Gasteiger partial charge in [-0.1, -0.05) is 42.8 Å². The van der Waals surface area contributed by atoms with Crippen LogP contribution in [0.5, 0.6) is 0 Å². The summed E-state index contributed by atoms with van der Waals surface area (Å²) in [6, 6.07) is 14.5. The van der Waals surface area contributed by atoms with Gasteiger partial charge in [-0.15, -0.1) is 10.2 Å². The maximum Gasteiger partial charge on any atom is 0.248 e. The molecular weight excluding hydrogens is 350 g/mol. The summed E-state index contributed by atoms with van der Waals surface area (Å²) in [6.07, 6.45) is 5.08. The first-order valence-corrected chi connectivity index (χ1v) is 10.5. The van der Waals surface area contributed by atoms with E-state index < -0.39 is 0 Å². The lowest BCUT2D eigenvalue weighted by Gasteiger charge is -2.26. The van der Waals surface area contributed by atoms with Crippen molar-refractivity contribution < 1.29 is 9.15 Å². The van der Waals surface area contributed by atoms with Crippen molar-refractivity contribution in [2.24, 2.45) is 11.8 Å². The lowest BCUT2D eigenvalue weighted by Crippen LogP contribution is -2.31. The molecule has 2 fully saturated rings. The Morgan fingerprint density at radius 3 is 2.82 bits per heavy atom. The zero-order valence-corrected chi connectivity index (χ0v) is 16.2. The van der Waals surface area contributed by atoms with Crippen molar-refractivity contribution in [3.8, 4) is 11.5 Å². The maximum absolute atomic E-state index is 6.09. The number of nitrogens with zero attached hydrogens (tertiary/aromatic N) is 3. The van der Waals surface area contributed by atoms with Gasteiger partial charge >= 0.3 is 0 Å². The van der Waals surface area contributed by atoms with Crippen molar-refractivity contribution in [2.75, 3.05) is 26.3 Å². The number of ether oxygens (including phenoxy) is 1. The normalized spacial score (nSPS) is 23.9. The van der Waals surface area contributed by atoms with Crippen LogP contribution in [0.4, 0.5) is 0 Å². The number of hydrogen-bond acceptors (Lipinski definition) is 5. The smallest absolute Gasteiger partial charge is 0.248 e. The van der Waals surface area contributed by atoms with E-state index in [9.17, 15) is 0 Å². The van der Waals surface area contributed by atoms with E-state index in [4.69, 9.17) is 9.15 Å². The monoisotopic (exact) mass is 377 g/mol. The highest BCUT2D eigenvalue weighted by molar-refractivity contribution is 5.94. The Labute approximate surface area is 165 Å². The molecule has 5 nitrogen and oxygen atoms in total. The van der Waals surface area contributed by atoms with Gasteiger partial charge in [-0.25, -0.2) is 0 Å². The molecule has 3 aromatic rings. The van der Waals surface area contributed by atoms with Gasteiger partial charge in [0.15, 0.2) is 0 Å². The predicted octanol–water partition coefficient (Wildman–Crippen LogP) is 4.53. The Balaban J connectivity index is 1.33.